The maximum Gasteiger partial charge on any atom is 0.417 e. The normalized spacial score (nSPS) is 19.7. The van der Waals surface area contributed by atoms with Gasteiger partial charge in [0.2, 0.25) is 0 Å². The number of pyridine rings is 1. The summed E-state index contributed by atoms with van der Waals surface area (Å²) in [6, 6.07) is 0.990. The molecule has 2 bridgehead atoms. The number of anilines is 1. The zero-order valence-electron chi connectivity index (χ0n) is 22.2. The van der Waals surface area contributed by atoms with Gasteiger partial charge in [0, 0.05) is 35.9 Å². The van der Waals surface area contributed by atoms with Crippen LogP contribution in [0.25, 0.3) is 10.4 Å². The Morgan fingerprint density at radius 3 is 2.26 bits per heavy atom. The van der Waals surface area contributed by atoms with Crippen LogP contribution in [0.4, 0.5) is 19.0 Å². The summed E-state index contributed by atoms with van der Waals surface area (Å²) in [6.07, 6.45) is 0.390. The molecule has 2 aromatic rings. The highest BCUT2D eigenvalue weighted by atomic mass is 32.1. The molecule has 2 aromatic heterocycles. The number of alkyl halides is 3. The minimum Gasteiger partial charge on any atom is -0.389 e. The van der Waals surface area contributed by atoms with Gasteiger partial charge in [-0.15, -0.1) is 11.3 Å². The highest BCUT2D eigenvalue weighted by molar-refractivity contribution is 7.17. The van der Waals surface area contributed by atoms with Crippen molar-refractivity contribution >= 4 is 29.0 Å². The Kier molecular flexibility index (Phi) is 7.52. The summed E-state index contributed by atoms with van der Waals surface area (Å²) in [6.45, 7) is 8.56. The molecule has 2 fully saturated rings. The molecule has 2 saturated heterocycles. The number of nitrogens with one attached hydrogen (secondary N) is 2. The van der Waals surface area contributed by atoms with Crippen LogP contribution < -0.4 is 10.6 Å². The van der Waals surface area contributed by atoms with E-state index in [0.29, 0.717) is 6.42 Å². The van der Waals surface area contributed by atoms with E-state index in [1.54, 1.807) is 4.90 Å². The van der Waals surface area contributed by atoms with Gasteiger partial charge in [-0.3, -0.25) is 9.59 Å². The summed E-state index contributed by atoms with van der Waals surface area (Å²) in [4.78, 5) is 36.7. The molecule has 0 aliphatic carbocycles. The first-order chi connectivity index (χ1) is 17.6. The van der Waals surface area contributed by atoms with E-state index in [-0.39, 0.29) is 45.6 Å². The zero-order chi connectivity index (χ0) is 28.0. The predicted octanol–water partition coefficient (Wildman–Crippen LogP) is 5.09. The molecule has 208 valence electrons. The van der Waals surface area contributed by atoms with Gasteiger partial charge in [0.15, 0.2) is 5.01 Å². The predicted molar refractivity (Wildman–Crippen MR) is 139 cm³/mol. The zero-order valence-corrected chi connectivity index (χ0v) is 23.0. The van der Waals surface area contributed by atoms with Crippen molar-refractivity contribution in [2.75, 3.05) is 11.9 Å². The van der Waals surface area contributed by atoms with Crippen molar-refractivity contribution in [3.8, 4) is 10.4 Å². The molecule has 2 aliphatic rings. The average Bonchev–Trinajstić information content (AvgIpc) is 3.55. The number of aromatic nitrogens is 2. The first-order valence-electron chi connectivity index (χ1n) is 12.8. The third kappa shape index (κ3) is 5.96. The fourth-order valence-corrected chi connectivity index (χ4v) is 5.86. The summed E-state index contributed by atoms with van der Waals surface area (Å²) in [7, 11) is 0. The third-order valence-corrected chi connectivity index (χ3v) is 8.28. The summed E-state index contributed by atoms with van der Waals surface area (Å²) in [5.41, 5.74) is -3.13. The standard InChI is InChI=1S/C26H34F3N5O3S/c1-6-24(2,3)33-18-11-17(26(27,28)29)16(12-30-18)20-19(23(36)34-14-7-8-15(34)10-9-14)32-22(38-20)21(35)31-13-25(4,5)37/h11-12,14-15,37H,6-10,13H2,1-5H3,(H,30,33)(H,31,35). The van der Waals surface area contributed by atoms with Gasteiger partial charge in [-0.05, 0) is 65.9 Å². The second-order valence-corrected chi connectivity index (χ2v) is 12.3. The van der Waals surface area contributed by atoms with Crippen LogP contribution in [0.3, 0.4) is 0 Å². The lowest BCUT2D eigenvalue weighted by molar-refractivity contribution is -0.137. The maximum atomic E-state index is 14.3. The number of hydrogen-bond acceptors (Lipinski definition) is 7. The van der Waals surface area contributed by atoms with Gasteiger partial charge in [0.05, 0.1) is 16.0 Å². The molecule has 3 N–H and O–H groups in total. The third-order valence-electron chi connectivity index (χ3n) is 7.20. The number of thiazole rings is 1. The van der Waals surface area contributed by atoms with Crippen LogP contribution in [0.5, 0.6) is 0 Å². The first kappa shape index (κ1) is 28.3. The Morgan fingerprint density at radius 2 is 1.74 bits per heavy atom. The van der Waals surface area contributed by atoms with E-state index in [2.05, 4.69) is 20.6 Å². The summed E-state index contributed by atoms with van der Waals surface area (Å²) in [5, 5.41) is 15.4. The minimum atomic E-state index is -4.74. The Labute approximate surface area is 224 Å². The minimum absolute atomic E-state index is 0.0255. The molecule has 0 radical (unpaired) electrons. The van der Waals surface area contributed by atoms with Crippen molar-refractivity contribution in [2.24, 2.45) is 0 Å². The fourth-order valence-electron chi connectivity index (χ4n) is 4.86. The van der Waals surface area contributed by atoms with Gasteiger partial charge in [-0.25, -0.2) is 9.97 Å². The highest BCUT2D eigenvalue weighted by Crippen LogP contribution is 2.44. The van der Waals surface area contributed by atoms with E-state index < -0.39 is 34.7 Å². The van der Waals surface area contributed by atoms with Crippen LogP contribution in [0.1, 0.15) is 92.6 Å². The van der Waals surface area contributed by atoms with Crippen molar-refractivity contribution in [1.29, 1.82) is 0 Å². The number of hydrogen-bond donors (Lipinski definition) is 3. The van der Waals surface area contributed by atoms with Crippen LogP contribution >= 0.6 is 11.3 Å². The number of aliphatic hydroxyl groups is 1. The molecule has 2 aliphatic heterocycles. The van der Waals surface area contributed by atoms with Crippen LogP contribution in [0.15, 0.2) is 12.3 Å². The smallest absolute Gasteiger partial charge is 0.389 e. The summed E-state index contributed by atoms with van der Waals surface area (Å²) >= 11 is 0.722. The molecule has 4 rings (SSSR count). The molecular formula is C26H34F3N5O3S. The van der Waals surface area contributed by atoms with E-state index in [1.165, 1.54) is 13.8 Å². The topological polar surface area (TPSA) is 107 Å². The van der Waals surface area contributed by atoms with E-state index in [0.717, 1.165) is 49.3 Å². The molecule has 8 nitrogen and oxygen atoms in total. The highest BCUT2D eigenvalue weighted by Gasteiger charge is 2.45. The molecule has 0 saturated carbocycles. The number of carbonyl (C=O) groups excluding carboxylic acids is 2. The van der Waals surface area contributed by atoms with Crippen molar-refractivity contribution in [2.45, 2.75) is 96.1 Å². The van der Waals surface area contributed by atoms with E-state index >= 15 is 0 Å². The van der Waals surface area contributed by atoms with Crippen LogP contribution in [0.2, 0.25) is 0 Å². The average molecular weight is 554 g/mol. The fraction of sp³-hybridized carbons (Fsp3) is 0.615. The van der Waals surface area contributed by atoms with E-state index in [1.807, 2.05) is 20.8 Å². The van der Waals surface area contributed by atoms with Crippen molar-refractivity contribution < 1.29 is 27.9 Å². The number of fused-ring (bicyclic) bond motifs is 2. The first-order valence-corrected chi connectivity index (χ1v) is 13.6. The van der Waals surface area contributed by atoms with Gasteiger partial charge in [-0.2, -0.15) is 13.2 Å². The number of nitrogens with zero attached hydrogens (tertiary/aromatic N) is 3. The molecule has 12 heteroatoms. The van der Waals surface area contributed by atoms with Crippen molar-refractivity contribution in [3.63, 3.8) is 0 Å². The molecule has 0 atom stereocenters. The number of amides is 2. The molecule has 0 aromatic carbocycles. The lowest BCUT2D eigenvalue weighted by Gasteiger charge is -2.26. The Morgan fingerprint density at radius 1 is 1.13 bits per heavy atom. The van der Waals surface area contributed by atoms with E-state index in [4.69, 9.17) is 0 Å². The maximum absolute atomic E-state index is 14.3. The second-order valence-electron chi connectivity index (χ2n) is 11.3. The van der Waals surface area contributed by atoms with Crippen LogP contribution in [0, 0.1) is 0 Å². The van der Waals surface area contributed by atoms with Crippen molar-refractivity contribution in [1.82, 2.24) is 20.2 Å². The van der Waals surface area contributed by atoms with Crippen molar-refractivity contribution in [3.05, 3.63) is 28.5 Å². The second kappa shape index (κ2) is 10.1. The Balaban J connectivity index is 1.80. The number of rotatable bonds is 8. The molecule has 2 amide bonds. The van der Waals surface area contributed by atoms with Gasteiger partial charge < -0.3 is 20.6 Å². The quantitative estimate of drug-likeness (QED) is 0.420. The molecule has 0 spiro atoms. The van der Waals surface area contributed by atoms with Gasteiger partial charge >= 0.3 is 6.18 Å². The van der Waals surface area contributed by atoms with Gasteiger partial charge in [0.25, 0.3) is 11.8 Å². The molecular weight excluding hydrogens is 519 g/mol. The van der Waals surface area contributed by atoms with Gasteiger partial charge in [-0.1, -0.05) is 6.92 Å². The van der Waals surface area contributed by atoms with Gasteiger partial charge in [0.1, 0.15) is 11.5 Å². The molecule has 0 unspecified atom stereocenters. The summed E-state index contributed by atoms with van der Waals surface area (Å²) < 4.78 is 43.0. The number of halogens is 3. The SMILES string of the molecule is CCC(C)(C)Nc1cc(C(F)(F)F)c(-c2sc(C(=O)NCC(C)(C)O)nc2C(=O)N2C3CCC2CC3)cn1. The number of carbonyl (C=O) groups is 2. The van der Waals surface area contributed by atoms with E-state index in [9.17, 15) is 27.9 Å². The Bertz CT molecular complexity index is 1200. The van der Waals surface area contributed by atoms with Crippen LogP contribution in [-0.4, -0.2) is 61.6 Å². The lowest BCUT2D eigenvalue weighted by atomic mass is 10.0. The monoisotopic (exact) mass is 553 g/mol. The largest absolute Gasteiger partial charge is 0.417 e. The van der Waals surface area contributed by atoms with Crippen LogP contribution in [-0.2, 0) is 6.18 Å². The summed E-state index contributed by atoms with van der Waals surface area (Å²) in [5.74, 6) is -1.08. The molecule has 4 heterocycles. The Hall–Kier alpha value is -2.73. The lowest BCUT2D eigenvalue weighted by Crippen LogP contribution is -2.38. The molecule has 38 heavy (non-hydrogen) atoms.